The molecule has 0 N–H and O–H groups in total. The van der Waals surface area contributed by atoms with Gasteiger partial charge in [0, 0.05) is 22.5 Å². The first kappa shape index (κ1) is 11.0. The van der Waals surface area contributed by atoms with Crippen LogP contribution in [0, 0.1) is 0 Å². The minimum absolute atomic E-state index is 0.646. The van der Waals surface area contributed by atoms with Crippen molar-refractivity contribution in [2.45, 2.75) is 0 Å². The lowest BCUT2D eigenvalue weighted by molar-refractivity contribution is 0.201. The van der Waals surface area contributed by atoms with Crippen LogP contribution in [0.5, 0.6) is 0 Å². The van der Waals surface area contributed by atoms with Crippen molar-refractivity contribution in [1.29, 1.82) is 0 Å². The molecule has 5 heteroatoms. The second-order valence-electron chi connectivity index (χ2n) is 3.82. The quantitative estimate of drug-likeness (QED) is 0.834. The molecule has 2 aromatic rings. The number of hydrogen-bond acceptors (Lipinski definition) is 4. The van der Waals surface area contributed by atoms with Crippen molar-refractivity contribution in [2.24, 2.45) is 0 Å². The van der Waals surface area contributed by atoms with Gasteiger partial charge in [-0.3, -0.25) is 0 Å². The van der Waals surface area contributed by atoms with E-state index in [0.29, 0.717) is 6.73 Å². The maximum absolute atomic E-state index is 5.87. The van der Waals surface area contributed by atoms with Crippen LogP contribution in [-0.4, -0.2) is 24.9 Å². The molecule has 1 aromatic carbocycles. The third-order valence-electron chi connectivity index (χ3n) is 2.66. The smallest absolute Gasteiger partial charge is 0.187 e. The number of thiazole rings is 1. The molecule has 88 valence electrons. The van der Waals surface area contributed by atoms with Gasteiger partial charge in [0.05, 0.1) is 12.3 Å². The summed E-state index contributed by atoms with van der Waals surface area (Å²) >= 11 is 7.51. The maximum atomic E-state index is 5.87. The SMILES string of the molecule is Clc1ccc(-c2csc(N3CCOC3)n2)cc1. The highest BCUT2D eigenvalue weighted by Crippen LogP contribution is 2.28. The van der Waals surface area contributed by atoms with Crippen molar-refractivity contribution < 1.29 is 4.74 Å². The molecule has 0 aliphatic carbocycles. The van der Waals surface area contributed by atoms with Crippen molar-refractivity contribution in [3.63, 3.8) is 0 Å². The van der Waals surface area contributed by atoms with Gasteiger partial charge in [0.15, 0.2) is 5.13 Å². The summed E-state index contributed by atoms with van der Waals surface area (Å²) in [6.07, 6.45) is 0. The van der Waals surface area contributed by atoms with Gasteiger partial charge in [-0.15, -0.1) is 11.3 Å². The monoisotopic (exact) mass is 266 g/mol. The topological polar surface area (TPSA) is 25.4 Å². The van der Waals surface area contributed by atoms with Gasteiger partial charge in [0.25, 0.3) is 0 Å². The summed E-state index contributed by atoms with van der Waals surface area (Å²) in [6, 6.07) is 7.74. The molecule has 0 radical (unpaired) electrons. The first-order valence-corrected chi connectivity index (χ1v) is 6.63. The Bertz CT molecular complexity index is 505. The van der Waals surface area contributed by atoms with Crippen LogP contribution in [0.15, 0.2) is 29.6 Å². The molecule has 0 unspecified atom stereocenters. The van der Waals surface area contributed by atoms with E-state index in [1.54, 1.807) is 11.3 Å². The van der Waals surface area contributed by atoms with Gasteiger partial charge < -0.3 is 9.64 Å². The first-order chi connectivity index (χ1) is 8.33. The number of nitrogens with zero attached hydrogens (tertiary/aromatic N) is 2. The number of hydrogen-bond donors (Lipinski definition) is 0. The lowest BCUT2D eigenvalue weighted by Crippen LogP contribution is -2.17. The average molecular weight is 267 g/mol. The lowest BCUT2D eigenvalue weighted by atomic mass is 10.2. The van der Waals surface area contributed by atoms with Gasteiger partial charge in [-0.25, -0.2) is 4.98 Å². The van der Waals surface area contributed by atoms with Gasteiger partial charge in [-0.2, -0.15) is 0 Å². The molecule has 3 rings (SSSR count). The highest BCUT2D eigenvalue weighted by Gasteiger charge is 2.16. The van der Waals surface area contributed by atoms with Gasteiger partial charge >= 0.3 is 0 Å². The van der Waals surface area contributed by atoms with E-state index in [2.05, 4.69) is 15.3 Å². The molecule has 1 aliphatic rings. The third-order valence-corrected chi connectivity index (χ3v) is 3.81. The summed E-state index contributed by atoms with van der Waals surface area (Å²) in [4.78, 5) is 6.76. The largest absolute Gasteiger partial charge is 0.359 e. The Morgan fingerprint density at radius 1 is 1.29 bits per heavy atom. The zero-order chi connectivity index (χ0) is 11.7. The third kappa shape index (κ3) is 2.29. The molecule has 0 amide bonds. The van der Waals surface area contributed by atoms with E-state index < -0.39 is 0 Å². The van der Waals surface area contributed by atoms with Crippen molar-refractivity contribution in [2.75, 3.05) is 24.8 Å². The summed E-state index contributed by atoms with van der Waals surface area (Å²) in [5.74, 6) is 0. The number of halogens is 1. The Morgan fingerprint density at radius 2 is 2.12 bits per heavy atom. The molecule has 0 atom stereocenters. The summed E-state index contributed by atoms with van der Waals surface area (Å²) in [5.41, 5.74) is 2.09. The lowest BCUT2D eigenvalue weighted by Gasteiger charge is -2.09. The number of anilines is 1. The standard InChI is InChI=1S/C12H11ClN2OS/c13-10-3-1-9(2-4-10)11-7-17-12(14-11)15-5-6-16-8-15/h1-4,7H,5-6,8H2. The van der Waals surface area contributed by atoms with E-state index in [0.717, 1.165) is 34.6 Å². The molecule has 0 saturated carbocycles. The van der Waals surface area contributed by atoms with E-state index >= 15 is 0 Å². The second kappa shape index (κ2) is 4.64. The second-order valence-corrected chi connectivity index (χ2v) is 5.10. The molecular weight excluding hydrogens is 256 g/mol. The van der Waals surface area contributed by atoms with E-state index in [-0.39, 0.29) is 0 Å². The predicted molar refractivity (Wildman–Crippen MR) is 70.7 cm³/mol. The minimum Gasteiger partial charge on any atom is -0.359 e. The molecule has 1 aromatic heterocycles. The van der Waals surface area contributed by atoms with Crippen molar-refractivity contribution >= 4 is 28.1 Å². The van der Waals surface area contributed by atoms with Crippen LogP contribution in [0.1, 0.15) is 0 Å². The fourth-order valence-corrected chi connectivity index (χ4v) is 2.70. The molecule has 3 nitrogen and oxygen atoms in total. The molecule has 0 bridgehead atoms. The van der Waals surface area contributed by atoms with Crippen molar-refractivity contribution in [3.8, 4) is 11.3 Å². The van der Waals surface area contributed by atoms with E-state index in [4.69, 9.17) is 16.3 Å². The average Bonchev–Trinajstić information content (AvgIpc) is 3.00. The van der Waals surface area contributed by atoms with Crippen LogP contribution >= 0.6 is 22.9 Å². The first-order valence-electron chi connectivity index (χ1n) is 5.37. The Morgan fingerprint density at radius 3 is 2.82 bits per heavy atom. The fraction of sp³-hybridized carbons (Fsp3) is 0.250. The minimum atomic E-state index is 0.646. The van der Waals surface area contributed by atoms with Crippen LogP contribution < -0.4 is 4.90 Å². The van der Waals surface area contributed by atoms with Crippen LogP contribution in [0.4, 0.5) is 5.13 Å². The van der Waals surface area contributed by atoms with Crippen LogP contribution in [0.2, 0.25) is 5.02 Å². The maximum Gasteiger partial charge on any atom is 0.187 e. The number of rotatable bonds is 2. The summed E-state index contributed by atoms with van der Waals surface area (Å²) in [7, 11) is 0. The van der Waals surface area contributed by atoms with E-state index in [9.17, 15) is 0 Å². The van der Waals surface area contributed by atoms with E-state index in [1.165, 1.54) is 0 Å². The molecule has 17 heavy (non-hydrogen) atoms. The fourth-order valence-electron chi connectivity index (χ4n) is 1.73. The predicted octanol–water partition coefficient (Wildman–Crippen LogP) is 3.26. The summed E-state index contributed by atoms with van der Waals surface area (Å²) in [6.45, 7) is 2.36. The molecule has 1 saturated heterocycles. The van der Waals surface area contributed by atoms with Crippen LogP contribution in [0.25, 0.3) is 11.3 Å². The van der Waals surface area contributed by atoms with Crippen LogP contribution in [0.3, 0.4) is 0 Å². The molecule has 0 spiro atoms. The zero-order valence-electron chi connectivity index (χ0n) is 9.10. The van der Waals surface area contributed by atoms with Crippen LogP contribution in [-0.2, 0) is 4.74 Å². The zero-order valence-corrected chi connectivity index (χ0v) is 10.7. The van der Waals surface area contributed by atoms with E-state index in [1.807, 2.05) is 24.3 Å². The molecular formula is C12H11ClN2OS. The van der Waals surface area contributed by atoms with Gasteiger partial charge in [0.1, 0.15) is 6.73 Å². The van der Waals surface area contributed by atoms with Crippen molar-refractivity contribution in [3.05, 3.63) is 34.7 Å². The van der Waals surface area contributed by atoms with Gasteiger partial charge in [-0.05, 0) is 12.1 Å². The van der Waals surface area contributed by atoms with Gasteiger partial charge in [-0.1, -0.05) is 23.7 Å². The number of aromatic nitrogens is 1. The highest BCUT2D eigenvalue weighted by molar-refractivity contribution is 7.14. The molecule has 1 aliphatic heterocycles. The molecule has 1 fully saturated rings. The Labute approximate surface area is 109 Å². The van der Waals surface area contributed by atoms with Gasteiger partial charge in [0.2, 0.25) is 0 Å². The van der Waals surface area contributed by atoms with Crippen molar-refractivity contribution in [1.82, 2.24) is 4.98 Å². The highest BCUT2D eigenvalue weighted by atomic mass is 35.5. The Hall–Kier alpha value is -1.10. The Balaban J connectivity index is 1.86. The number of ether oxygens (including phenoxy) is 1. The summed E-state index contributed by atoms with van der Waals surface area (Å²) < 4.78 is 5.32. The number of benzene rings is 1. The summed E-state index contributed by atoms with van der Waals surface area (Å²) in [5, 5.41) is 3.83. The molecule has 2 heterocycles. The normalized spacial score (nSPS) is 15.5. The Kier molecular flexibility index (Phi) is 3.01.